The van der Waals surface area contributed by atoms with Gasteiger partial charge in [0, 0.05) is 23.5 Å². The van der Waals surface area contributed by atoms with Gasteiger partial charge >= 0.3 is 0 Å². The van der Waals surface area contributed by atoms with Crippen LogP contribution in [0.4, 0.5) is 0 Å². The molecule has 0 saturated carbocycles. The molecule has 0 spiro atoms. The molecule has 2 N–H and O–H groups in total. The van der Waals surface area contributed by atoms with Gasteiger partial charge in [-0.2, -0.15) is 0 Å². The van der Waals surface area contributed by atoms with Crippen molar-refractivity contribution in [2.75, 3.05) is 6.54 Å². The molecular weight excluding hydrogens is 300 g/mol. The number of hydrogen-bond acceptors (Lipinski definition) is 2. The number of benzene rings is 2. The number of rotatable bonds is 5. The summed E-state index contributed by atoms with van der Waals surface area (Å²) in [5, 5.41) is 3.47. The van der Waals surface area contributed by atoms with Crippen LogP contribution in [0.3, 0.4) is 0 Å². The second-order valence-corrected chi connectivity index (χ2v) is 5.95. The third-order valence-corrected chi connectivity index (χ3v) is 4.21. The molecule has 0 aliphatic heterocycles. The summed E-state index contributed by atoms with van der Waals surface area (Å²) in [6.07, 6.45) is 0.841. The van der Waals surface area contributed by atoms with Gasteiger partial charge in [0.05, 0.1) is 0 Å². The van der Waals surface area contributed by atoms with Crippen LogP contribution in [-0.2, 0) is 0 Å². The van der Waals surface area contributed by atoms with E-state index in [9.17, 15) is 9.59 Å². The summed E-state index contributed by atoms with van der Waals surface area (Å²) >= 11 is 0. The van der Waals surface area contributed by atoms with Crippen LogP contribution in [0.1, 0.15) is 35.3 Å². The quantitative estimate of drug-likeness (QED) is 0.756. The molecule has 1 atom stereocenters. The second-order valence-electron chi connectivity index (χ2n) is 5.95. The standard InChI is InChI=1S/C20H20N2O2/c1-14(15-7-3-2-4-8-15)11-12-21-20(24)18-13-19(23)16-9-5-6-10-17(16)22-18/h2-10,13-14H,11-12H2,1H3,(H,21,24)(H,22,23)/t14-/m0/s1. The van der Waals surface area contributed by atoms with E-state index in [1.165, 1.54) is 11.6 Å². The largest absolute Gasteiger partial charge is 0.351 e. The first-order chi connectivity index (χ1) is 11.6. The molecule has 0 aliphatic rings. The van der Waals surface area contributed by atoms with Crippen molar-refractivity contribution in [3.63, 3.8) is 0 Å². The second kappa shape index (κ2) is 7.13. The van der Waals surface area contributed by atoms with Gasteiger partial charge in [0.25, 0.3) is 5.91 Å². The highest BCUT2D eigenvalue weighted by molar-refractivity contribution is 5.94. The first-order valence-electron chi connectivity index (χ1n) is 8.10. The summed E-state index contributed by atoms with van der Waals surface area (Å²) < 4.78 is 0. The number of H-pyrrole nitrogens is 1. The molecule has 4 heteroatoms. The Morgan fingerprint density at radius 2 is 1.79 bits per heavy atom. The summed E-state index contributed by atoms with van der Waals surface area (Å²) in [5.74, 6) is 0.111. The van der Waals surface area contributed by atoms with Crippen LogP contribution in [-0.4, -0.2) is 17.4 Å². The van der Waals surface area contributed by atoms with Crippen LogP contribution in [0.5, 0.6) is 0 Å². The van der Waals surface area contributed by atoms with Crippen molar-refractivity contribution in [3.05, 3.63) is 82.1 Å². The molecule has 0 saturated heterocycles. The molecule has 0 unspecified atom stereocenters. The van der Waals surface area contributed by atoms with Gasteiger partial charge < -0.3 is 10.3 Å². The highest BCUT2D eigenvalue weighted by Crippen LogP contribution is 2.17. The smallest absolute Gasteiger partial charge is 0.267 e. The Balaban J connectivity index is 1.64. The van der Waals surface area contributed by atoms with Gasteiger partial charge in [0.1, 0.15) is 5.69 Å². The van der Waals surface area contributed by atoms with Crippen molar-refractivity contribution in [2.24, 2.45) is 0 Å². The monoisotopic (exact) mass is 320 g/mol. The zero-order chi connectivity index (χ0) is 16.9. The molecule has 24 heavy (non-hydrogen) atoms. The van der Waals surface area contributed by atoms with Gasteiger partial charge in [-0.25, -0.2) is 0 Å². The van der Waals surface area contributed by atoms with E-state index in [0.717, 1.165) is 6.42 Å². The van der Waals surface area contributed by atoms with Crippen molar-refractivity contribution in [2.45, 2.75) is 19.3 Å². The van der Waals surface area contributed by atoms with Crippen LogP contribution in [0.2, 0.25) is 0 Å². The van der Waals surface area contributed by atoms with Gasteiger partial charge in [0.2, 0.25) is 0 Å². The van der Waals surface area contributed by atoms with Crippen LogP contribution in [0.15, 0.2) is 65.5 Å². The highest BCUT2D eigenvalue weighted by atomic mass is 16.2. The molecule has 1 amide bonds. The van der Waals surface area contributed by atoms with E-state index < -0.39 is 0 Å². The molecular formula is C20H20N2O2. The summed E-state index contributed by atoms with van der Waals surface area (Å²) in [4.78, 5) is 27.4. The minimum atomic E-state index is -0.252. The fraction of sp³-hybridized carbons (Fsp3) is 0.200. The number of amides is 1. The van der Waals surface area contributed by atoms with Crippen LogP contribution < -0.4 is 10.7 Å². The fourth-order valence-electron chi connectivity index (χ4n) is 2.76. The van der Waals surface area contributed by atoms with Crippen LogP contribution >= 0.6 is 0 Å². The van der Waals surface area contributed by atoms with Crippen molar-refractivity contribution < 1.29 is 4.79 Å². The topological polar surface area (TPSA) is 62.0 Å². The van der Waals surface area contributed by atoms with Gasteiger partial charge in [-0.1, -0.05) is 49.4 Å². The lowest BCUT2D eigenvalue weighted by Gasteiger charge is -2.12. The maximum absolute atomic E-state index is 12.3. The van der Waals surface area contributed by atoms with E-state index in [4.69, 9.17) is 0 Å². The molecule has 3 rings (SSSR count). The minimum absolute atomic E-state index is 0.146. The lowest BCUT2D eigenvalue weighted by molar-refractivity contribution is 0.0948. The molecule has 2 aromatic carbocycles. The molecule has 1 aromatic heterocycles. The highest BCUT2D eigenvalue weighted by Gasteiger charge is 2.10. The first-order valence-corrected chi connectivity index (χ1v) is 8.10. The number of pyridine rings is 1. The lowest BCUT2D eigenvalue weighted by Crippen LogP contribution is -2.27. The molecule has 0 fully saturated rings. The Morgan fingerprint density at radius 3 is 2.58 bits per heavy atom. The van der Waals surface area contributed by atoms with E-state index in [0.29, 0.717) is 29.1 Å². The fourth-order valence-corrected chi connectivity index (χ4v) is 2.76. The van der Waals surface area contributed by atoms with Crippen LogP contribution in [0, 0.1) is 0 Å². The van der Waals surface area contributed by atoms with E-state index >= 15 is 0 Å². The molecule has 0 aliphatic carbocycles. The predicted molar refractivity (Wildman–Crippen MR) is 96.4 cm³/mol. The number of hydrogen-bond donors (Lipinski definition) is 2. The van der Waals surface area contributed by atoms with E-state index in [1.54, 1.807) is 12.1 Å². The molecule has 0 radical (unpaired) electrons. The Bertz CT molecular complexity index is 900. The molecule has 1 heterocycles. The number of carbonyl (C=O) groups excluding carboxylic acids is 1. The van der Waals surface area contributed by atoms with Crippen molar-refractivity contribution in [1.82, 2.24) is 10.3 Å². The average molecular weight is 320 g/mol. The normalized spacial score (nSPS) is 12.0. The van der Waals surface area contributed by atoms with Gasteiger partial charge in [-0.15, -0.1) is 0 Å². The summed E-state index contributed by atoms with van der Waals surface area (Å²) in [6.45, 7) is 2.70. The summed E-state index contributed by atoms with van der Waals surface area (Å²) in [6, 6.07) is 18.8. The minimum Gasteiger partial charge on any atom is -0.351 e. The third-order valence-electron chi connectivity index (χ3n) is 4.21. The number of nitrogens with one attached hydrogen (secondary N) is 2. The Hall–Kier alpha value is -2.88. The molecule has 4 nitrogen and oxygen atoms in total. The van der Waals surface area contributed by atoms with E-state index in [-0.39, 0.29) is 11.3 Å². The third kappa shape index (κ3) is 3.54. The summed E-state index contributed by atoms with van der Waals surface area (Å²) in [5.41, 5.74) is 2.08. The zero-order valence-corrected chi connectivity index (χ0v) is 13.6. The van der Waals surface area contributed by atoms with Crippen LogP contribution in [0.25, 0.3) is 10.9 Å². The Labute approximate surface area is 140 Å². The van der Waals surface area contributed by atoms with Gasteiger partial charge in [-0.3, -0.25) is 9.59 Å². The molecule has 3 aromatic rings. The predicted octanol–water partition coefficient (Wildman–Crippen LogP) is 3.45. The van der Waals surface area contributed by atoms with E-state index in [1.807, 2.05) is 30.3 Å². The van der Waals surface area contributed by atoms with Crippen molar-refractivity contribution >= 4 is 16.8 Å². The molecule has 0 bridgehead atoms. The maximum atomic E-state index is 12.3. The van der Waals surface area contributed by atoms with Gasteiger partial charge in [0.15, 0.2) is 5.43 Å². The SMILES string of the molecule is C[C@@H](CCNC(=O)c1cc(=O)c2ccccc2[nH]1)c1ccccc1. The number of fused-ring (bicyclic) bond motifs is 1. The Kier molecular flexibility index (Phi) is 4.75. The number of aromatic nitrogens is 1. The van der Waals surface area contributed by atoms with E-state index in [2.05, 4.69) is 29.4 Å². The lowest BCUT2D eigenvalue weighted by atomic mass is 9.98. The molecule has 122 valence electrons. The zero-order valence-electron chi connectivity index (χ0n) is 13.6. The number of carbonyl (C=O) groups is 1. The Morgan fingerprint density at radius 1 is 1.08 bits per heavy atom. The maximum Gasteiger partial charge on any atom is 0.267 e. The number of para-hydroxylation sites is 1. The van der Waals surface area contributed by atoms with Crippen molar-refractivity contribution in [3.8, 4) is 0 Å². The summed E-state index contributed by atoms with van der Waals surface area (Å²) in [7, 11) is 0. The van der Waals surface area contributed by atoms with Gasteiger partial charge in [-0.05, 0) is 30.0 Å². The average Bonchev–Trinajstić information content (AvgIpc) is 2.62. The first kappa shape index (κ1) is 16.0. The number of aromatic amines is 1. The van der Waals surface area contributed by atoms with Crippen molar-refractivity contribution in [1.29, 1.82) is 0 Å².